The van der Waals surface area contributed by atoms with E-state index in [0.717, 1.165) is 28.0 Å². The van der Waals surface area contributed by atoms with E-state index in [1.54, 1.807) is 37.8 Å². The van der Waals surface area contributed by atoms with Gasteiger partial charge in [-0.3, -0.25) is 4.79 Å². The van der Waals surface area contributed by atoms with E-state index >= 15 is 0 Å². The van der Waals surface area contributed by atoms with Gasteiger partial charge in [-0.1, -0.05) is 24.3 Å². The van der Waals surface area contributed by atoms with Gasteiger partial charge in [0.15, 0.2) is 0 Å². The largest absolute Gasteiger partial charge is 0.497 e. The summed E-state index contributed by atoms with van der Waals surface area (Å²) < 4.78 is 39.0. The van der Waals surface area contributed by atoms with Gasteiger partial charge in [0, 0.05) is 18.7 Å². The summed E-state index contributed by atoms with van der Waals surface area (Å²) in [7, 11) is -0.701. The molecule has 1 aromatic heterocycles. The molecule has 0 fully saturated rings. The number of thiophene rings is 1. The number of methoxy groups -OCH3 is 2. The smallest absolute Gasteiger partial charge is 0.263 e. The molecule has 0 saturated heterocycles. The quantitative estimate of drug-likeness (QED) is 0.546. The van der Waals surface area contributed by atoms with Crippen LogP contribution in [0.5, 0.6) is 11.5 Å². The summed E-state index contributed by atoms with van der Waals surface area (Å²) in [6.07, 6.45) is 0.647. The zero-order valence-electron chi connectivity index (χ0n) is 18.7. The third kappa shape index (κ3) is 4.62. The predicted molar refractivity (Wildman–Crippen MR) is 127 cm³/mol. The SMILES string of the molecule is COc1ccc(OC)c(C(C)NC(=O)c2sccc2S(=O)(=O)N2CCc3ccccc3C2)c1. The van der Waals surface area contributed by atoms with Crippen LogP contribution in [0.15, 0.2) is 58.8 Å². The first-order valence-electron chi connectivity index (χ1n) is 10.5. The normalized spacial score (nSPS) is 14.9. The fourth-order valence-corrected chi connectivity index (χ4v) is 6.72. The summed E-state index contributed by atoms with van der Waals surface area (Å²) in [4.78, 5) is 13.3. The van der Waals surface area contributed by atoms with E-state index < -0.39 is 22.0 Å². The lowest BCUT2D eigenvalue weighted by molar-refractivity contribution is 0.0940. The zero-order valence-corrected chi connectivity index (χ0v) is 20.3. The maximum Gasteiger partial charge on any atom is 0.263 e. The van der Waals surface area contributed by atoms with Crippen LogP contribution in [-0.2, 0) is 23.0 Å². The Morgan fingerprint density at radius 2 is 1.85 bits per heavy atom. The number of carbonyl (C=O) groups excluding carboxylic acids is 1. The van der Waals surface area contributed by atoms with Crippen LogP contribution in [0.2, 0.25) is 0 Å². The number of amides is 1. The Hall–Kier alpha value is -2.88. The van der Waals surface area contributed by atoms with Crippen LogP contribution < -0.4 is 14.8 Å². The summed E-state index contributed by atoms with van der Waals surface area (Å²) in [6.45, 7) is 2.50. The monoisotopic (exact) mass is 486 g/mol. The molecule has 9 heteroatoms. The molecule has 7 nitrogen and oxygen atoms in total. The highest BCUT2D eigenvalue weighted by atomic mass is 32.2. The molecule has 1 aliphatic rings. The third-order valence-electron chi connectivity index (χ3n) is 5.80. The Morgan fingerprint density at radius 3 is 2.58 bits per heavy atom. The number of sulfonamides is 1. The van der Waals surface area contributed by atoms with Crippen LogP contribution in [0.1, 0.15) is 39.3 Å². The molecule has 2 heterocycles. The Kier molecular flexibility index (Phi) is 6.73. The minimum Gasteiger partial charge on any atom is -0.497 e. The Labute approximate surface area is 198 Å². The average Bonchev–Trinajstić information content (AvgIpc) is 3.34. The molecule has 0 radical (unpaired) electrons. The van der Waals surface area contributed by atoms with Gasteiger partial charge in [0.1, 0.15) is 21.3 Å². The number of nitrogens with one attached hydrogen (secondary N) is 1. The molecule has 174 valence electrons. The zero-order chi connectivity index (χ0) is 23.6. The molecule has 0 bridgehead atoms. The first-order chi connectivity index (χ1) is 15.8. The van der Waals surface area contributed by atoms with Crippen LogP contribution in [0.3, 0.4) is 0 Å². The fraction of sp³-hybridized carbons (Fsp3) is 0.292. The average molecular weight is 487 g/mol. The molecule has 1 aliphatic heterocycles. The van der Waals surface area contributed by atoms with E-state index in [0.29, 0.717) is 31.0 Å². The highest BCUT2D eigenvalue weighted by molar-refractivity contribution is 7.89. The first kappa shape index (κ1) is 23.3. The van der Waals surface area contributed by atoms with Crippen molar-refractivity contribution < 1.29 is 22.7 Å². The standard InChI is InChI=1S/C24H26N2O5S2/c1-16(20-14-19(30-2)8-9-21(20)31-3)25-24(27)23-22(11-13-32-23)33(28,29)26-12-10-17-6-4-5-7-18(17)15-26/h4-9,11,13-14,16H,10,12,15H2,1-3H3,(H,25,27). The Balaban J connectivity index is 1.57. The van der Waals surface area contributed by atoms with E-state index in [1.165, 1.54) is 10.4 Å². The number of nitrogens with zero attached hydrogens (tertiary/aromatic N) is 1. The second kappa shape index (κ2) is 9.54. The van der Waals surface area contributed by atoms with Crippen molar-refractivity contribution in [3.63, 3.8) is 0 Å². The molecule has 1 amide bonds. The third-order valence-corrected chi connectivity index (χ3v) is 8.73. The number of fused-ring (bicyclic) bond motifs is 1. The van der Waals surface area contributed by atoms with Gasteiger partial charge in [0.05, 0.1) is 20.3 Å². The van der Waals surface area contributed by atoms with Gasteiger partial charge >= 0.3 is 0 Å². The predicted octanol–water partition coefficient (Wildman–Crippen LogP) is 4.00. The second-order valence-electron chi connectivity index (χ2n) is 7.77. The maximum atomic E-state index is 13.4. The van der Waals surface area contributed by atoms with Gasteiger partial charge in [-0.15, -0.1) is 11.3 Å². The number of rotatable bonds is 7. The van der Waals surface area contributed by atoms with Crippen molar-refractivity contribution >= 4 is 27.3 Å². The summed E-state index contributed by atoms with van der Waals surface area (Å²) in [5.41, 5.74) is 2.89. The molecule has 1 unspecified atom stereocenters. The molecular formula is C24H26N2O5S2. The van der Waals surface area contributed by atoms with Crippen molar-refractivity contribution in [1.29, 1.82) is 0 Å². The first-order valence-corrected chi connectivity index (χ1v) is 12.8. The van der Waals surface area contributed by atoms with Crippen molar-refractivity contribution in [2.75, 3.05) is 20.8 Å². The van der Waals surface area contributed by atoms with E-state index in [1.807, 2.05) is 31.2 Å². The molecule has 1 N–H and O–H groups in total. The maximum absolute atomic E-state index is 13.4. The molecule has 0 saturated carbocycles. The molecule has 1 atom stereocenters. The van der Waals surface area contributed by atoms with E-state index in [2.05, 4.69) is 5.32 Å². The number of ether oxygens (including phenoxy) is 2. The van der Waals surface area contributed by atoms with E-state index in [9.17, 15) is 13.2 Å². The molecular weight excluding hydrogens is 460 g/mol. The minimum absolute atomic E-state index is 0.0363. The summed E-state index contributed by atoms with van der Waals surface area (Å²) in [5, 5.41) is 4.54. The van der Waals surface area contributed by atoms with Gasteiger partial charge < -0.3 is 14.8 Å². The lowest BCUT2D eigenvalue weighted by Crippen LogP contribution is -2.37. The van der Waals surface area contributed by atoms with Crippen molar-refractivity contribution in [2.24, 2.45) is 0 Å². The van der Waals surface area contributed by atoms with E-state index in [-0.39, 0.29) is 9.77 Å². The van der Waals surface area contributed by atoms with Crippen LogP contribution in [0.25, 0.3) is 0 Å². The summed E-state index contributed by atoms with van der Waals surface area (Å²) >= 11 is 1.12. The highest BCUT2D eigenvalue weighted by Gasteiger charge is 2.33. The number of hydrogen-bond donors (Lipinski definition) is 1. The molecule has 0 aliphatic carbocycles. The molecule has 33 heavy (non-hydrogen) atoms. The molecule has 3 aromatic rings. The van der Waals surface area contributed by atoms with Gasteiger partial charge in [-0.25, -0.2) is 8.42 Å². The van der Waals surface area contributed by atoms with Crippen molar-refractivity contribution in [3.05, 3.63) is 75.5 Å². The molecule has 0 spiro atoms. The lowest BCUT2D eigenvalue weighted by atomic mass is 10.0. The Bertz CT molecular complexity index is 1270. The summed E-state index contributed by atoms with van der Waals surface area (Å²) in [5.74, 6) is 0.796. The molecule has 2 aromatic carbocycles. The van der Waals surface area contributed by atoms with Gasteiger partial charge in [-0.2, -0.15) is 4.31 Å². The number of carbonyl (C=O) groups is 1. The van der Waals surface area contributed by atoms with Crippen molar-refractivity contribution in [1.82, 2.24) is 9.62 Å². The van der Waals surface area contributed by atoms with Crippen LogP contribution in [-0.4, -0.2) is 39.4 Å². The van der Waals surface area contributed by atoms with Gasteiger partial charge in [-0.05, 0) is 54.1 Å². The molecule has 4 rings (SSSR count). The van der Waals surface area contributed by atoms with Crippen molar-refractivity contribution in [3.8, 4) is 11.5 Å². The lowest BCUT2D eigenvalue weighted by Gasteiger charge is -2.28. The Morgan fingerprint density at radius 1 is 1.09 bits per heavy atom. The highest BCUT2D eigenvalue weighted by Crippen LogP contribution is 2.32. The van der Waals surface area contributed by atoms with E-state index in [4.69, 9.17) is 9.47 Å². The van der Waals surface area contributed by atoms with Gasteiger partial charge in [0.25, 0.3) is 5.91 Å². The van der Waals surface area contributed by atoms with Crippen LogP contribution in [0, 0.1) is 0 Å². The fourth-order valence-electron chi connectivity index (χ4n) is 4.00. The topological polar surface area (TPSA) is 84.9 Å². The number of hydrogen-bond acceptors (Lipinski definition) is 6. The minimum atomic E-state index is -3.82. The van der Waals surface area contributed by atoms with Crippen LogP contribution >= 0.6 is 11.3 Å². The van der Waals surface area contributed by atoms with Crippen LogP contribution in [0.4, 0.5) is 0 Å². The second-order valence-corrected chi connectivity index (χ2v) is 10.6. The van der Waals surface area contributed by atoms with Crippen molar-refractivity contribution in [2.45, 2.75) is 30.8 Å². The summed E-state index contributed by atoms with van der Waals surface area (Å²) in [6, 6.07) is 14.3. The van der Waals surface area contributed by atoms with Gasteiger partial charge in [0.2, 0.25) is 10.0 Å². The number of benzene rings is 2.